The fourth-order valence-electron chi connectivity index (χ4n) is 3.17. The summed E-state index contributed by atoms with van der Waals surface area (Å²) in [6.45, 7) is 1.03. The highest BCUT2D eigenvalue weighted by Gasteiger charge is 2.32. The zero-order valence-corrected chi connectivity index (χ0v) is 10.6. The molecule has 3 rings (SSSR count). The van der Waals surface area contributed by atoms with Crippen molar-refractivity contribution in [3.8, 4) is 0 Å². The first kappa shape index (κ1) is 10.7. The molecule has 1 atom stereocenters. The van der Waals surface area contributed by atoms with E-state index in [1.165, 1.54) is 31.2 Å². The first-order valence-electron chi connectivity index (χ1n) is 5.98. The summed E-state index contributed by atoms with van der Waals surface area (Å²) in [6.07, 6.45) is 5.47. The summed E-state index contributed by atoms with van der Waals surface area (Å²) < 4.78 is 0. The Morgan fingerprint density at radius 3 is 2.62 bits per heavy atom. The van der Waals surface area contributed by atoms with Crippen LogP contribution in [0, 0.1) is 5.92 Å². The predicted molar refractivity (Wildman–Crippen MR) is 69.7 cm³/mol. The average Bonchev–Trinajstić information content (AvgIpc) is 2.83. The van der Waals surface area contributed by atoms with Crippen LogP contribution in [-0.4, -0.2) is 6.54 Å². The number of hydrogen-bond donors (Lipinski definition) is 1. The van der Waals surface area contributed by atoms with Crippen LogP contribution in [0.5, 0.6) is 0 Å². The van der Waals surface area contributed by atoms with E-state index in [1.54, 1.807) is 0 Å². The van der Waals surface area contributed by atoms with Crippen LogP contribution in [-0.2, 0) is 0 Å². The zero-order chi connectivity index (χ0) is 11.1. The van der Waals surface area contributed by atoms with Gasteiger partial charge in [-0.25, -0.2) is 0 Å². The Labute approximate surface area is 106 Å². The van der Waals surface area contributed by atoms with Gasteiger partial charge in [-0.2, -0.15) is 0 Å². The van der Waals surface area contributed by atoms with Crippen molar-refractivity contribution in [2.24, 2.45) is 5.92 Å². The summed E-state index contributed by atoms with van der Waals surface area (Å²) >= 11 is 12.3. The molecule has 1 aliphatic carbocycles. The number of anilines is 1. The topological polar surface area (TPSA) is 12.0 Å². The molecule has 1 saturated carbocycles. The van der Waals surface area contributed by atoms with E-state index in [2.05, 4.69) is 11.4 Å². The van der Waals surface area contributed by atoms with Crippen LogP contribution < -0.4 is 5.32 Å². The van der Waals surface area contributed by atoms with Crippen LogP contribution in [0.2, 0.25) is 10.0 Å². The molecule has 0 saturated heterocycles. The SMILES string of the molecule is Clc1cc(Cl)c2c(c1)C(C1CCCC1)CN2. The molecule has 0 amide bonds. The molecular weight excluding hydrogens is 241 g/mol. The van der Waals surface area contributed by atoms with E-state index in [9.17, 15) is 0 Å². The lowest BCUT2D eigenvalue weighted by molar-refractivity contribution is 0.460. The Morgan fingerprint density at radius 1 is 1.12 bits per heavy atom. The van der Waals surface area contributed by atoms with Gasteiger partial charge in [0.2, 0.25) is 0 Å². The molecule has 86 valence electrons. The van der Waals surface area contributed by atoms with Gasteiger partial charge < -0.3 is 5.32 Å². The van der Waals surface area contributed by atoms with Crippen LogP contribution >= 0.6 is 23.2 Å². The average molecular weight is 256 g/mol. The smallest absolute Gasteiger partial charge is 0.0655 e. The monoisotopic (exact) mass is 255 g/mol. The van der Waals surface area contributed by atoms with Crippen molar-refractivity contribution >= 4 is 28.9 Å². The van der Waals surface area contributed by atoms with Crippen molar-refractivity contribution < 1.29 is 0 Å². The van der Waals surface area contributed by atoms with Crippen LogP contribution in [0.3, 0.4) is 0 Å². The summed E-state index contributed by atoms with van der Waals surface area (Å²) in [4.78, 5) is 0. The Hall–Kier alpha value is -0.400. The third-order valence-electron chi connectivity index (χ3n) is 3.95. The summed E-state index contributed by atoms with van der Waals surface area (Å²) in [5.74, 6) is 1.44. The Balaban J connectivity index is 1.97. The molecule has 1 N–H and O–H groups in total. The third-order valence-corrected chi connectivity index (χ3v) is 4.47. The molecule has 16 heavy (non-hydrogen) atoms. The normalized spacial score (nSPS) is 24.5. The number of benzene rings is 1. The molecule has 1 aromatic rings. The lowest BCUT2D eigenvalue weighted by Gasteiger charge is -2.18. The molecule has 2 aliphatic rings. The molecule has 1 fully saturated rings. The maximum absolute atomic E-state index is 6.20. The van der Waals surface area contributed by atoms with E-state index in [0.717, 1.165) is 28.2 Å². The van der Waals surface area contributed by atoms with E-state index < -0.39 is 0 Å². The minimum atomic E-state index is 0.619. The Kier molecular flexibility index (Phi) is 2.76. The van der Waals surface area contributed by atoms with E-state index in [4.69, 9.17) is 23.2 Å². The van der Waals surface area contributed by atoms with Crippen LogP contribution in [0.1, 0.15) is 37.2 Å². The lowest BCUT2D eigenvalue weighted by atomic mass is 9.86. The molecule has 0 spiro atoms. The number of hydrogen-bond acceptors (Lipinski definition) is 1. The predicted octanol–water partition coefficient (Wildman–Crippen LogP) is 4.69. The zero-order valence-electron chi connectivity index (χ0n) is 9.10. The Bertz CT molecular complexity index is 411. The van der Waals surface area contributed by atoms with Gasteiger partial charge in [0, 0.05) is 17.5 Å². The summed E-state index contributed by atoms with van der Waals surface area (Å²) in [6, 6.07) is 3.91. The molecule has 0 bridgehead atoms. The maximum Gasteiger partial charge on any atom is 0.0655 e. The molecule has 1 unspecified atom stereocenters. The summed E-state index contributed by atoms with van der Waals surface area (Å²) in [7, 11) is 0. The molecule has 1 heterocycles. The molecule has 1 aliphatic heterocycles. The van der Waals surface area contributed by atoms with Gasteiger partial charge in [-0.3, -0.25) is 0 Å². The van der Waals surface area contributed by atoms with Crippen molar-refractivity contribution in [3.05, 3.63) is 27.7 Å². The number of rotatable bonds is 1. The van der Waals surface area contributed by atoms with Gasteiger partial charge in [-0.15, -0.1) is 0 Å². The molecule has 1 aromatic carbocycles. The second-order valence-corrected chi connectivity index (χ2v) is 5.73. The third kappa shape index (κ3) is 1.70. The standard InChI is InChI=1S/C13H15Cl2N/c14-9-5-10-11(8-3-1-2-4-8)7-16-13(10)12(15)6-9/h5-6,8,11,16H,1-4,7H2. The second kappa shape index (κ2) is 4.12. The maximum atomic E-state index is 6.20. The molecular formula is C13H15Cl2N. The highest BCUT2D eigenvalue weighted by Crippen LogP contribution is 2.46. The number of fused-ring (bicyclic) bond motifs is 1. The van der Waals surface area contributed by atoms with E-state index >= 15 is 0 Å². The molecule has 3 heteroatoms. The molecule has 1 nitrogen and oxygen atoms in total. The van der Waals surface area contributed by atoms with Gasteiger partial charge in [0.05, 0.1) is 10.7 Å². The van der Waals surface area contributed by atoms with Crippen LogP contribution in [0.15, 0.2) is 12.1 Å². The first-order valence-corrected chi connectivity index (χ1v) is 6.74. The van der Waals surface area contributed by atoms with E-state index in [1.807, 2.05) is 6.07 Å². The highest BCUT2D eigenvalue weighted by molar-refractivity contribution is 6.36. The molecule has 0 radical (unpaired) electrons. The fraction of sp³-hybridized carbons (Fsp3) is 0.538. The lowest BCUT2D eigenvalue weighted by Crippen LogP contribution is -2.11. The Morgan fingerprint density at radius 2 is 1.88 bits per heavy atom. The largest absolute Gasteiger partial charge is 0.383 e. The minimum absolute atomic E-state index is 0.619. The second-order valence-electron chi connectivity index (χ2n) is 4.88. The quantitative estimate of drug-likeness (QED) is 0.768. The van der Waals surface area contributed by atoms with Crippen molar-refractivity contribution in [3.63, 3.8) is 0 Å². The van der Waals surface area contributed by atoms with Gasteiger partial charge in [0.1, 0.15) is 0 Å². The summed E-state index contributed by atoms with van der Waals surface area (Å²) in [5.41, 5.74) is 2.45. The van der Waals surface area contributed by atoms with Crippen molar-refractivity contribution in [1.29, 1.82) is 0 Å². The van der Waals surface area contributed by atoms with Crippen LogP contribution in [0.4, 0.5) is 5.69 Å². The van der Waals surface area contributed by atoms with Gasteiger partial charge in [-0.05, 0) is 36.5 Å². The van der Waals surface area contributed by atoms with Gasteiger partial charge in [0.15, 0.2) is 0 Å². The number of halogens is 2. The summed E-state index contributed by atoms with van der Waals surface area (Å²) in [5, 5.41) is 4.96. The minimum Gasteiger partial charge on any atom is -0.383 e. The van der Waals surface area contributed by atoms with Crippen molar-refractivity contribution in [1.82, 2.24) is 0 Å². The van der Waals surface area contributed by atoms with E-state index in [0.29, 0.717) is 5.92 Å². The highest BCUT2D eigenvalue weighted by atomic mass is 35.5. The van der Waals surface area contributed by atoms with Gasteiger partial charge >= 0.3 is 0 Å². The van der Waals surface area contributed by atoms with Gasteiger partial charge in [-0.1, -0.05) is 36.0 Å². The number of nitrogens with one attached hydrogen (secondary N) is 1. The molecule has 0 aromatic heterocycles. The van der Waals surface area contributed by atoms with Crippen molar-refractivity contribution in [2.45, 2.75) is 31.6 Å². The fourth-order valence-corrected chi connectivity index (χ4v) is 3.75. The van der Waals surface area contributed by atoms with Crippen LogP contribution in [0.25, 0.3) is 0 Å². The first-order chi connectivity index (χ1) is 7.75. The van der Waals surface area contributed by atoms with E-state index in [-0.39, 0.29) is 0 Å². The van der Waals surface area contributed by atoms with Gasteiger partial charge in [0.25, 0.3) is 0 Å². The van der Waals surface area contributed by atoms with Crippen molar-refractivity contribution in [2.75, 3.05) is 11.9 Å².